The number of nitrogens with one attached hydrogen (secondary N) is 1. The van der Waals surface area contributed by atoms with E-state index < -0.39 is 27.4 Å². The zero-order valence-electron chi connectivity index (χ0n) is 19.2. The number of nitro benzene ring substituents is 1. The fourth-order valence-electron chi connectivity index (χ4n) is 3.47. The lowest BCUT2D eigenvalue weighted by Crippen LogP contribution is -2.39. The lowest BCUT2D eigenvalue weighted by atomic mass is 10.1. The molecule has 3 rings (SSSR count). The number of morpholine rings is 1. The molecule has 1 aliphatic rings. The Kier molecular flexibility index (Phi) is 7.84. The zero-order chi connectivity index (χ0) is 24.9. The van der Waals surface area contributed by atoms with Gasteiger partial charge in [-0.3, -0.25) is 19.2 Å². The van der Waals surface area contributed by atoms with Crippen molar-refractivity contribution in [1.82, 2.24) is 5.43 Å². The van der Waals surface area contributed by atoms with Crippen molar-refractivity contribution >= 4 is 39.2 Å². The minimum absolute atomic E-state index is 0.109. The third-order valence-corrected chi connectivity index (χ3v) is 6.57. The molecule has 1 N–H and O–H groups in total. The summed E-state index contributed by atoms with van der Waals surface area (Å²) in [6.45, 7) is 5.59. The molecule has 1 saturated heterocycles. The van der Waals surface area contributed by atoms with Crippen LogP contribution in [0.25, 0.3) is 0 Å². The first kappa shape index (κ1) is 25.1. The van der Waals surface area contributed by atoms with Gasteiger partial charge in [0.15, 0.2) is 0 Å². The molecule has 2 aromatic carbocycles. The van der Waals surface area contributed by atoms with Gasteiger partial charge in [0.1, 0.15) is 6.54 Å². The van der Waals surface area contributed by atoms with Crippen LogP contribution in [0.4, 0.5) is 17.1 Å². The average molecular weight is 490 g/mol. The standard InChI is InChI=1S/C22H27N5O6S/c1-16-4-5-19(12-17(16)2)26(34(3,31)32)15-22(28)24-23-14-18-13-20(27(29)30)6-7-21(18)25-8-10-33-11-9-25/h4-7,12-14H,8-11,15H2,1-3H3,(H,24,28)/b23-14-. The van der Waals surface area contributed by atoms with Gasteiger partial charge in [-0.25, -0.2) is 13.8 Å². The minimum Gasteiger partial charge on any atom is -0.378 e. The molecule has 0 saturated carbocycles. The Morgan fingerprint density at radius 1 is 1.21 bits per heavy atom. The number of rotatable bonds is 8. The quantitative estimate of drug-likeness (QED) is 0.340. The van der Waals surface area contributed by atoms with E-state index in [0.29, 0.717) is 37.6 Å². The first-order valence-corrected chi connectivity index (χ1v) is 12.4. The van der Waals surface area contributed by atoms with Crippen molar-refractivity contribution in [3.05, 3.63) is 63.2 Å². The van der Waals surface area contributed by atoms with Crippen molar-refractivity contribution in [2.75, 3.05) is 48.3 Å². The van der Waals surface area contributed by atoms with Crippen LogP contribution < -0.4 is 14.6 Å². The van der Waals surface area contributed by atoms with Crippen LogP contribution in [0.3, 0.4) is 0 Å². The second-order valence-electron chi connectivity index (χ2n) is 7.93. The van der Waals surface area contributed by atoms with E-state index in [2.05, 4.69) is 10.5 Å². The molecule has 0 spiro atoms. The van der Waals surface area contributed by atoms with Crippen molar-refractivity contribution in [2.24, 2.45) is 5.10 Å². The van der Waals surface area contributed by atoms with Crippen LogP contribution in [0.5, 0.6) is 0 Å². The Bertz CT molecular complexity index is 1210. The van der Waals surface area contributed by atoms with E-state index >= 15 is 0 Å². The summed E-state index contributed by atoms with van der Waals surface area (Å²) >= 11 is 0. The average Bonchev–Trinajstić information content (AvgIpc) is 2.79. The molecule has 0 atom stereocenters. The topological polar surface area (TPSA) is 134 Å². The summed E-state index contributed by atoms with van der Waals surface area (Å²) in [5.74, 6) is -0.654. The molecular formula is C22H27N5O6S. The Morgan fingerprint density at radius 3 is 2.53 bits per heavy atom. The molecule has 1 fully saturated rings. The Balaban J connectivity index is 1.78. The van der Waals surface area contributed by atoms with Crippen LogP contribution in [0.1, 0.15) is 16.7 Å². The van der Waals surface area contributed by atoms with Crippen molar-refractivity contribution in [1.29, 1.82) is 0 Å². The predicted octanol–water partition coefficient (Wildman–Crippen LogP) is 1.96. The van der Waals surface area contributed by atoms with E-state index in [0.717, 1.165) is 27.4 Å². The number of nitrogens with zero attached hydrogens (tertiary/aromatic N) is 4. The fourth-order valence-corrected chi connectivity index (χ4v) is 4.32. The number of amides is 1. The molecule has 1 amide bonds. The van der Waals surface area contributed by atoms with Crippen LogP contribution in [-0.4, -0.2) is 64.6 Å². The molecule has 0 radical (unpaired) electrons. The Labute approximate surface area is 198 Å². The van der Waals surface area contributed by atoms with Gasteiger partial charge in [0.2, 0.25) is 10.0 Å². The minimum atomic E-state index is -3.73. The molecule has 1 heterocycles. The van der Waals surface area contributed by atoms with E-state index in [-0.39, 0.29) is 5.69 Å². The number of sulfonamides is 1. The highest BCUT2D eigenvalue weighted by Gasteiger charge is 2.21. The maximum atomic E-state index is 12.5. The molecule has 0 bridgehead atoms. The number of hydrogen-bond acceptors (Lipinski definition) is 8. The number of non-ortho nitro benzene ring substituents is 1. The van der Waals surface area contributed by atoms with Gasteiger partial charge in [-0.15, -0.1) is 0 Å². The number of benzene rings is 2. The lowest BCUT2D eigenvalue weighted by molar-refractivity contribution is -0.384. The van der Waals surface area contributed by atoms with Crippen LogP contribution >= 0.6 is 0 Å². The Morgan fingerprint density at radius 2 is 1.91 bits per heavy atom. The maximum Gasteiger partial charge on any atom is 0.270 e. The number of anilines is 2. The molecule has 0 aliphatic carbocycles. The smallest absolute Gasteiger partial charge is 0.270 e. The van der Waals surface area contributed by atoms with Gasteiger partial charge < -0.3 is 9.64 Å². The van der Waals surface area contributed by atoms with Crippen LogP contribution in [0.2, 0.25) is 0 Å². The highest BCUT2D eigenvalue weighted by atomic mass is 32.2. The van der Waals surface area contributed by atoms with Crippen molar-refractivity contribution in [2.45, 2.75) is 13.8 Å². The predicted molar refractivity (Wildman–Crippen MR) is 130 cm³/mol. The molecule has 2 aromatic rings. The second kappa shape index (κ2) is 10.6. The summed E-state index contributed by atoms with van der Waals surface area (Å²) < 4.78 is 31.0. The van der Waals surface area contributed by atoms with Gasteiger partial charge in [0, 0.05) is 36.5 Å². The number of ether oxygens (including phenoxy) is 1. The first-order valence-electron chi connectivity index (χ1n) is 10.5. The molecular weight excluding hydrogens is 462 g/mol. The summed E-state index contributed by atoms with van der Waals surface area (Å²) in [5.41, 5.74) is 5.65. The fraction of sp³-hybridized carbons (Fsp3) is 0.364. The molecule has 0 unspecified atom stereocenters. The van der Waals surface area contributed by atoms with E-state index in [9.17, 15) is 23.3 Å². The van der Waals surface area contributed by atoms with Crippen LogP contribution in [-0.2, 0) is 19.6 Å². The molecule has 11 nitrogen and oxygen atoms in total. The summed E-state index contributed by atoms with van der Waals surface area (Å²) in [6.07, 6.45) is 2.34. The molecule has 0 aromatic heterocycles. The summed E-state index contributed by atoms with van der Waals surface area (Å²) in [6, 6.07) is 9.54. The zero-order valence-corrected chi connectivity index (χ0v) is 20.0. The number of nitro groups is 1. The van der Waals surface area contributed by atoms with Gasteiger partial charge in [-0.1, -0.05) is 6.07 Å². The molecule has 182 valence electrons. The SMILES string of the molecule is Cc1ccc(N(CC(=O)N/N=C\c2cc([N+](=O)[O-])ccc2N2CCOCC2)S(C)(=O)=O)cc1C. The first-order chi connectivity index (χ1) is 16.1. The van der Waals surface area contributed by atoms with E-state index in [1.807, 2.05) is 18.7 Å². The number of aryl methyl sites for hydroxylation is 2. The lowest BCUT2D eigenvalue weighted by Gasteiger charge is -2.29. The maximum absolute atomic E-state index is 12.5. The van der Waals surface area contributed by atoms with Gasteiger partial charge in [0.05, 0.1) is 36.3 Å². The summed E-state index contributed by atoms with van der Waals surface area (Å²) in [5, 5.41) is 15.1. The van der Waals surface area contributed by atoms with Crippen LogP contribution in [0, 0.1) is 24.0 Å². The molecule has 12 heteroatoms. The van der Waals surface area contributed by atoms with Gasteiger partial charge in [-0.05, 0) is 43.2 Å². The number of hydrogen-bond donors (Lipinski definition) is 1. The van der Waals surface area contributed by atoms with E-state index in [1.165, 1.54) is 18.3 Å². The van der Waals surface area contributed by atoms with Gasteiger partial charge >= 0.3 is 0 Å². The normalized spacial score (nSPS) is 14.3. The monoisotopic (exact) mass is 489 g/mol. The number of hydrazone groups is 1. The third kappa shape index (κ3) is 6.29. The van der Waals surface area contributed by atoms with Crippen molar-refractivity contribution in [3.8, 4) is 0 Å². The van der Waals surface area contributed by atoms with Gasteiger partial charge in [-0.2, -0.15) is 5.10 Å². The number of carbonyl (C=O) groups excluding carboxylic acids is 1. The second-order valence-corrected chi connectivity index (χ2v) is 9.84. The molecule has 34 heavy (non-hydrogen) atoms. The summed E-state index contributed by atoms with van der Waals surface area (Å²) in [7, 11) is -3.73. The third-order valence-electron chi connectivity index (χ3n) is 5.43. The molecule has 1 aliphatic heterocycles. The van der Waals surface area contributed by atoms with Crippen molar-refractivity contribution < 1.29 is 22.9 Å². The number of carbonyl (C=O) groups is 1. The Hall–Kier alpha value is -3.51. The highest BCUT2D eigenvalue weighted by Crippen LogP contribution is 2.25. The van der Waals surface area contributed by atoms with Crippen LogP contribution in [0.15, 0.2) is 41.5 Å². The summed E-state index contributed by atoms with van der Waals surface area (Å²) in [4.78, 5) is 25.2. The van der Waals surface area contributed by atoms with Gasteiger partial charge in [0.25, 0.3) is 11.6 Å². The van der Waals surface area contributed by atoms with E-state index in [1.54, 1.807) is 24.3 Å². The van der Waals surface area contributed by atoms with Crippen molar-refractivity contribution in [3.63, 3.8) is 0 Å². The van der Waals surface area contributed by atoms with E-state index in [4.69, 9.17) is 4.74 Å². The largest absolute Gasteiger partial charge is 0.378 e. The highest BCUT2D eigenvalue weighted by molar-refractivity contribution is 7.92.